The van der Waals surface area contributed by atoms with E-state index in [1.54, 1.807) is 24.3 Å². The number of carbonyl (C=O) groups is 2. The second-order valence-corrected chi connectivity index (χ2v) is 5.00. The van der Waals surface area contributed by atoms with Crippen LogP contribution >= 0.6 is 0 Å². The minimum Gasteiger partial charge on any atom is -0.394 e. The number of amides is 1. The van der Waals surface area contributed by atoms with Crippen molar-refractivity contribution in [2.75, 3.05) is 46.2 Å². The van der Waals surface area contributed by atoms with Crippen LogP contribution in [-0.4, -0.2) is 68.1 Å². The Hall–Kier alpha value is -1.80. The summed E-state index contributed by atoms with van der Waals surface area (Å²) in [5.41, 5.74) is 0.717. The van der Waals surface area contributed by atoms with Crippen LogP contribution in [0.25, 0.3) is 0 Å². The summed E-state index contributed by atoms with van der Waals surface area (Å²) in [6, 6.07) is 6.67. The molecular weight excluding hydrogens is 314 g/mol. The standard InChI is InChI=1S/C17H25NO6/c19-8-12-23-10-3-6-16(21)14-4-1-2-5-15(14)17(22)18-7-11-24-13-9-20/h1-2,4-5,19-20H,3,6-13H2,(H,18,22). The number of carbonyl (C=O) groups excluding carboxylic acids is 2. The van der Waals surface area contributed by atoms with E-state index >= 15 is 0 Å². The van der Waals surface area contributed by atoms with Crippen molar-refractivity contribution in [2.24, 2.45) is 0 Å². The Morgan fingerprint density at radius 2 is 1.54 bits per heavy atom. The highest BCUT2D eigenvalue weighted by Gasteiger charge is 2.15. The Balaban J connectivity index is 2.50. The topological polar surface area (TPSA) is 105 Å². The molecule has 0 saturated heterocycles. The van der Waals surface area contributed by atoms with E-state index in [-0.39, 0.29) is 44.5 Å². The third-order valence-electron chi connectivity index (χ3n) is 3.17. The largest absolute Gasteiger partial charge is 0.394 e. The Labute approximate surface area is 141 Å². The SMILES string of the molecule is O=C(CCCOCCO)c1ccccc1C(=O)NCCOCCO. The number of ketones is 1. The van der Waals surface area contributed by atoms with Crippen molar-refractivity contribution < 1.29 is 29.3 Å². The zero-order chi connectivity index (χ0) is 17.6. The summed E-state index contributed by atoms with van der Waals surface area (Å²) < 4.78 is 10.2. The van der Waals surface area contributed by atoms with Gasteiger partial charge in [0.1, 0.15) is 0 Å². The molecular formula is C17H25NO6. The fourth-order valence-electron chi connectivity index (χ4n) is 2.06. The van der Waals surface area contributed by atoms with E-state index in [1.165, 1.54) is 0 Å². The molecule has 1 aromatic carbocycles. The van der Waals surface area contributed by atoms with Gasteiger partial charge in [0.15, 0.2) is 5.78 Å². The number of benzene rings is 1. The molecule has 0 aliphatic heterocycles. The lowest BCUT2D eigenvalue weighted by atomic mass is 10.00. The predicted octanol–water partition coefficient (Wildman–Crippen LogP) is 0.397. The van der Waals surface area contributed by atoms with Gasteiger partial charge in [0.2, 0.25) is 0 Å². The van der Waals surface area contributed by atoms with Gasteiger partial charge in [-0.3, -0.25) is 9.59 Å². The summed E-state index contributed by atoms with van der Waals surface area (Å²) in [6.07, 6.45) is 0.805. The molecule has 0 saturated carbocycles. The van der Waals surface area contributed by atoms with Crippen molar-refractivity contribution in [1.82, 2.24) is 5.32 Å². The summed E-state index contributed by atoms with van der Waals surface area (Å²) in [6.45, 7) is 1.37. The molecule has 0 bridgehead atoms. The van der Waals surface area contributed by atoms with Gasteiger partial charge >= 0.3 is 0 Å². The lowest BCUT2D eigenvalue weighted by Crippen LogP contribution is -2.29. The van der Waals surface area contributed by atoms with Crippen LogP contribution in [0.15, 0.2) is 24.3 Å². The number of aliphatic hydroxyl groups excluding tert-OH is 2. The van der Waals surface area contributed by atoms with Gasteiger partial charge in [-0.25, -0.2) is 0 Å². The average Bonchev–Trinajstić information content (AvgIpc) is 2.61. The summed E-state index contributed by atoms with van der Waals surface area (Å²) in [5.74, 6) is -0.451. The first kappa shape index (κ1) is 20.2. The van der Waals surface area contributed by atoms with E-state index < -0.39 is 0 Å². The van der Waals surface area contributed by atoms with Gasteiger partial charge in [0.25, 0.3) is 5.91 Å². The monoisotopic (exact) mass is 339 g/mol. The molecule has 7 heteroatoms. The molecule has 0 aromatic heterocycles. The molecule has 0 radical (unpaired) electrons. The molecule has 7 nitrogen and oxygen atoms in total. The van der Waals surface area contributed by atoms with E-state index in [4.69, 9.17) is 19.7 Å². The Bertz CT molecular complexity index is 461. The van der Waals surface area contributed by atoms with E-state index in [9.17, 15) is 9.59 Å². The van der Waals surface area contributed by atoms with Crippen LogP contribution < -0.4 is 5.32 Å². The fourth-order valence-corrected chi connectivity index (χ4v) is 2.06. The van der Waals surface area contributed by atoms with Crippen LogP contribution in [-0.2, 0) is 9.47 Å². The zero-order valence-electron chi connectivity index (χ0n) is 13.7. The van der Waals surface area contributed by atoms with Crippen molar-refractivity contribution in [1.29, 1.82) is 0 Å². The number of nitrogens with one attached hydrogen (secondary N) is 1. The lowest BCUT2D eigenvalue weighted by Gasteiger charge is -2.10. The van der Waals surface area contributed by atoms with E-state index in [2.05, 4.69) is 5.32 Å². The number of hydrogen-bond donors (Lipinski definition) is 3. The van der Waals surface area contributed by atoms with Crippen molar-refractivity contribution in [2.45, 2.75) is 12.8 Å². The maximum Gasteiger partial charge on any atom is 0.252 e. The number of hydrogen-bond acceptors (Lipinski definition) is 6. The van der Waals surface area contributed by atoms with Gasteiger partial charge in [-0.2, -0.15) is 0 Å². The van der Waals surface area contributed by atoms with Crippen LogP contribution in [0, 0.1) is 0 Å². The molecule has 0 atom stereocenters. The van der Waals surface area contributed by atoms with Gasteiger partial charge in [-0.05, 0) is 12.5 Å². The van der Waals surface area contributed by atoms with Crippen LogP contribution in [0.1, 0.15) is 33.6 Å². The van der Waals surface area contributed by atoms with Gasteiger partial charge < -0.3 is 25.0 Å². The van der Waals surface area contributed by atoms with E-state index in [0.717, 1.165) is 0 Å². The number of rotatable bonds is 13. The average molecular weight is 339 g/mol. The molecule has 1 aromatic rings. The molecule has 0 heterocycles. The van der Waals surface area contributed by atoms with Gasteiger partial charge in [0, 0.05) is 25.1 Å². The minimum absolute atomic E-state index is 0.0427. The minimum atomic E-state index is -0.330. The molecule has 0 aliphatic rings. The summed E-state index contributed by atoms with van der Waals surface area (Å²) in [5, 5.41) is 19.9. The molecule has 0 aliphatic carbocycles. The third kappa shape index (κ3) is 7.65. The molecule has 3 N–H and O–H groups in total. The second kappa shape index (κ2) is 12.6. The molecule has 134 valence electrons. The third-order valence-corrected chi connectivity index (χ3v) is 3.17. The summed E-state index contributed by atoms with van der Waals surface area (Å²) >= 11 is 0. The molecule has 1 amide bonds. The van der Waals surface area contributed by atoms with Crippen LogP contribution in [0.2, 0.25) is 0 Å². The molecule has 0 unspecified atom stereocenters. The molecule has 0 spiro atoms. The maximum atomic E-state index is 12.3. The predicted molar refractivity (Wildman–Crippen MR) is 88.1 cm³/mol. The highest BCUT2D eigenvalue weighted by Crippen LogP contribution is 2.12. The first-order valence-electron chi connectivity index (χ1n) is 7.98. The quantitative estimate of drug-likeness (QED) is 0.355. The second-order valence-electron chi connectivity index (χ2n) is 5.00. The molecule has 0 fully saturated rings. The smallest absolute Gasteiger partial charge is 0.252 e. The first-order chi connectivity index (χ1) is 11.7. The lowest BCUT2D eigenvalue weighted by molar-refractivity contribution is 0.0817. The van der Waals surface area contributed by atoms with Crippen LogP contribution in [0.4, 0.5) is 0 Å². The maximum absolute atomic E-state index is 12.3. The van der Waals surface area contributed by atoms with E-state index in [0.29, 0.717) is 37.3 Å². The Morgan fingerprint density at radius 1 is 0.917 bits per heavy atom. The van der Waals surface area contributed by atoms with E-state index in [1.807, 2.05) is 0 Å². The molecule has 24 heavy (non-hydrogen) atoms. The molecule has 1 rings (SSSR count). The summed E-state index contributed by atoms with van der Waals surface area (Å²) in [4.78, 5) is 24.5. The van der Waals surface area contributed by atoms with Gasteiger partial charge in [-0.15, -0.1) is 0 Å². The Kier molecular flexibility index (Phi) is 10.6. The van der Waals surface area contributed by atoms with Gasteiger partial charge in [-0.1, -0.05) is 18.2 Å². The van der Waals surface area contributed by atoms with Crippen LogP contribution in [0.3, 0.4) is 0 Å². The highest BCUT2D eigenvalue weighted by molar-refractivity contribution is 6.08. The van der Waals surface area contributed by atoms with Crippen molar-refractivity contribution in [3.63, 3.8) is 0 Å². The normalized spacial score (nSPS) is 10.6. The highest BCUT2D eigenvalue weighted by atomic mass is 16.5. The fraction of sp³-hybridized carbons (Fsp3) is 0.529. The number of aliphatic hydroxyl groups is 2. The summed E-state index contributed by atoms with van der Waals surface area (Å²) in [7, 11) is 0. The zero-order valence-corrected chi connectivity index (χ0v) is 13.7. The number of Topliss-reactive ketones (excluding diaryl/α,β-unsaturated/α-hetero) is 1. The van der Waals surface area contributed by atoms with Crippen LogP contribution in [0.5, 0.6) is 0 Å². The van der Waals surface area contributed by atoms with Crippen molar-refractivity contribution in [3.8, 4) is 0 Å². The Morgan fingerprint density at radius 3 is 2.21 bits per heavy atom. The number of ether oxygens (including phenoxy) is 2. The van der Waals surface area contributed by atoms with Crippen molar-refractivity contribution in [3.05, 3.63) is 35.4 Å². The van der Waals surface area contributed by atoms with Crippen molar-refractivity contribution >= 4 is 11.7 Å². The first-order valence-corrected chi connectivity index (χ1v) is 7.98. The van der Waals surface area contributed by atoms with Gasteiger partial charge in [0.05, 0.1) is 38.6 Å².